The van der Waals surface area contributed by atoms with Crippen molar-refractivity contribution in [2.75, 3.05) is 39.6 Å². The van der Waals surface area contributed by atoms with Gasteiger partial charge >= 0.3 is 0 Å². The SMILES string of the molecule is COCCNC(=O)CNCC1(SC)CCCCC1. The molecule has 0 aromatic carbocycles. The second-order valence-electron chi connectivity index (χ2n) is 4.89. The van der Waals surface area contributed by atoms with Crippen LogP contribution in [-0.4, -0.2) is 50.3 Å². The molecule has 1 rings (SSSR count). The van der Waals surface area contributed by atoms with Crippen molar-refractivity contribution in [3.8, 4) is 0 Å². The summed E-state index contributed by atoms with van der Waals surface area (Å²) in [4.78, 5) is 11.5. The van der Waals surface area contributed by atoms with Crippen molar-refractivity contribution in [1.82, 2.24) is 10.6 Å². The number of rotatable bonds is 8. The number of thioether (sulfide) groups is 1. The minimum atomic E-state index is 0.0547. The Morgan fingerprint density at radius 3 is 2.67 bits per heavy atom. The average molecular weight is 274 g/mol. The van der Waals surface area contributed by atoms with Gasteiger partial charge in [-0.1, -0.05) is 19.3 Å². The number of carbonyl (C=O) groups excluding carboxylic acids is 1. The van der Waals surface area contributed by atoms with Crippen LogP contribution in [0.25, 0.3) is 0 Å². The van der Waals surface area contributed by atoms with E-state index in [0.717, 1.165) is 6.54 Å². The molecule has 0 aromatic heterocycles. The molecule has 1 saturated carbocycles. The van der Waals surface area contributed by atoms with E-state index in [2.05, 4.69) is 16.9 Å². The molecule has 0 bridgehead atoms. The molecule has 0 unspecified atom stereocenters. The summed E-state index contributed by atoms with van der Waals surface area (Å²) in [5.41, 5.74) is 0. The first-order chi connectivity index (χ1) is 8.72. The number of hydrogen-bond acceptors (Lipinski definition) is 4. The quantitative estimate of drug-likeness (QED) is 0.657. The van der Waals surface area contributed by atoms with Gasteiger partial charge in [0.05, 0.1) is 13.2 Å². The lowest BCUT2D eigenvalue weighted by Gasteiger charge is -2.36. The van der Waals surface area contributed by atoms with Crippen LogP contribution in [0.4, 0.5) is 0 Å². The first-order valence-electron chi connectivity index (χ1n) is 6.74. The molecule has 4 nitrogen and oxygen atoms in total. The Bertz CT molecular complexity index is 243. The van der Waals surface area contributed by atoms with Crippen LogP contribution in [0, 0.1) is 0 Å². The van der Waals surface area contributed by atoms with E-state index >= 15 is 0 Å². The van der Waals surface area contributed by atoms with E-state index in [1.165, 1.54) is 32.1 Å². The number of nitrogens with one attached hydrogen (secondary N) is 2. The number of amides is 1. The predicted molar refractivity (Wildman–Crippen MR) is 77.1 cm³/mol. The molecule has 5 heteroatoms. The van der Waals surface area contributed by atoms with E-state index in [4.69, 9.17) is 4.74 Å². The molecule has 106 valence electrons. The molecule has 0 atom stereocenters. The average Bonchev–Trinajstić information content (AvgIpc) is 2.40. The van der Waals surface area contributed by atoms with Crippen LogP contribution in [0.1, 0.15) is 32.1 Å². The normalized spacial score (nSPS) is 18.6. The summed E-state index contributed by atoms with van der Waals surface area (Å²) >= 11 is 1.95. The maximum Gasteiger partial charge on any atom is 0.234 e. The first kappa shape index (κ1) is 15.8. The molecular formula is C13H26N2O2S. The summed E-state index contributed by atoms with van der Waals surface area (Å²) in [5, 5.41) is 6.12. The smallest absolute Gasteiger partial charge is 0.234 e. The van der Waals surface area contributed by atoms with Crippen molar-refractivity contribution in [3.63, 3.8) is 0 Å². The van der Waals surface area contributed by atoms with E-state index in [1.54, 1.807) is 7.11 Å². The Kier molecular flexibility index (Phi) is 7.70. The van der Waals surface area contributed by atoms with Crippen molar-refractivity contribution < 1.29 is 9.53 Å². The third-order valence-electron chi connectivity index (χ3n) is 3.56. The monoisotopic (exact) mass is 274 g/mol. The van der Waals surface area contributed by atoms with Gasteiger partial charge < -0.3 is 15.4 Å². The molecule has 1 aliphatic rings. The minimum absolute atomic E-state index is 0.0547. The standard InChI is InChI=1S/C13H26N2O2S/c1-17-9-8-15-12(16)10-14-11-13(18-2)6-4-3-5-7-13/h14H,3-11H2,1-2H3,(H,15,16). The number of methoxy groups -OCH3 is 1. The van der Waals surface area contributed by atoms with Gasteiger partial charge in [0, 0.05) is 24.9 Å². The van der Waals surface area contributed by atoms with Gasteiger partial charge in [-0.15, -0.1) is 0 Å². The molecule has 0 radical (unpaired) electrons. The Labute approximate surface area is 115 Å². The van der Waals surface area contributed by atoms with Gasteiger partial charge in [0.2, 0.25) is 5.91 Å². The Morgan fingerprint density at radius 2 is 2.06 bits per heavy atom. The third kappa shape index (κ3) is 5.59. The molecule has 1 aliphatic carbocycles. The van der Waals surface area contributed by atoms with Gasteiger partial charge in [0.25, 0.3) is 0 Å². The fraction of sp³-hybridized carbons (Fsp3) is 0.923. The van der Waals surface area contributed by atoms with Crippen LogP contribution in [0.15, 0.2) is 0 Å². The van der Waals surface area contributed by atoms with Gasteiger partial charge in [-0.2, -0.15) is 11.8 Å². The maximum atomic E-state index is 11.5. The molecule has 18 heavy (non-hydrogen) atoms. The van der Waals surface area contributed by atoms with Gasteiger partial charge in [-0.05, 0) is 19.1 Å². The third-order valence-corrected chi connectivity index (χ3v) is 4.98. The van der Waals surface area contributed by atoms with E-state index in [-0.39, 0.29) is 5.91 Å². The largest absolute Gasteiger partial charge is 0.383 e. The zero-order chi connectivity index (χ0) is 13.3. The summed E-state index contributed by atoms with van der Waals surface area (Å²) in [5.74, 6) is 0.0547. The first-order valence-corrected chi connectivity index (χ1v) is 7.96. The van der Waals surface area contributed by atoms with E-state index in [1.807, 2.05) is 11.8 Å². The molecule has 0 aliphatic heterocycles. The van der Waals surface area contributed by atoms with Crippen LogP contribution in [0.2, 0.25) is 0 Å². The van der Waals surface area contributed by atoms with E-state index in [9.17, 15) is 4.79 Å². The molecule has 0 spiro atoms. The number of carbonyl (C=O) groups is 1. The van der Waals surface area contributed by atoms with Gasteiger partial charge in [-0.3, -0.25) is 4.79 Å². The molecule has 1 fully saturated rings. The Hall–Kier alpha value is -0.260. The summed E-state index contributed by atoms with van der Waals surface area (Å²) in [7, 11) is 1.63. The molecular weight excluding hydrogens is 248 g/mol. The highest BCUT2D eigenvalue weighted by Crippen LogP contribution is 2.37. The summed E-state index contributed by atoms with van der Waals surface area (Å²) in [6.07, 6.45) is 8.73. The molecule has 2 N–H and O–H groups in total. The van der Waals surface area contributed by atoms with Crippen LogP contribution in [-0.2, 0) is 9.53 Å². The lowest BCUT2D eigenvalue weighted by Crippen LogP contribution is -2.43. The van der Waals surface area contributed by atoms with Gasteiger partial charge in [0.1, 0.15) is 0 Å². The Balaban J connectivity index is 2.16. The van der Waals surface area contributed by atoms with E-state index < -0.39 is 0 Å². The highest BCUT2D eigenvalue weighted by molar-refractivity contribution is 8.00. The second-order valence-corrected chi connectivity index (χ2v) is 6.17. The molecule has 0 heterocycles. The Morgan fingerprint density at radius 1 is 1.33 bits per heavy atom. The second kappa shape index (κ2) is 8.77. The summed E-state index contributed by atoms with van der Waals surface area (Å²) in [6, 6.07) is 0. The molecule has 0 saturated heterocycles. The van der Waals surface area contributed by atoms with Crippen molar-refractivity contribution in [1.29, 1.82) is 0 Å². The van der Waals surface area contributed by atoms with Crippen LogP contribution in [0.5, 0.6) is 0 Å². The topological polar surface area (TPSA) is 50.4 Å². The van der Waals surface area contributed by atoms with Crippen molar-refractivity contribution in [2.45, 2.75) is 36.9 Å². The fourth-order valence-electron chi connectivity index (χ4n) is 2.41. The highest BCUT2D eigenvalue weighted by Gasteiger charge is 2.30. The molecule has 1 amide bonds. The minimum Gasteiger partial charge on any atom is -0.383 e. The van der Waals surface area contributed by atoms with Crippen LogP contribution in [0.3, 0.4) is 0 Å². The number of ether oxygens (including phenoxy) is 1. The zero-order valence-electron chi connectivity index (χ0n) is 11.6. The van der Waals surface area contributed by atoms with Crippen molar-refractivity contribution in [3.05, 3.63) is 0 Å². The lowest BCUT2D eigenvalue weighted by molar-refractivity contribution is -0.120. The van der Waals surface area contributed by atoms with E-state index in [0.29, 0.717) is 24.4 Å². The summed E-state index contributed by atoms with van der Waals surface area (Å²) in [6.45, 7) is 2.50. The predicted octanol–water partition coefficient (Wildman–Crippen LogP) is 1.40. The maximum absolute atomic E-state index is 11.5. The lowest BCUT2D eigenvalue weighted by atomic mass is 9.88. The van der Waals surface area contributed by atoms with Crippen molar-refractivity contribution >= 4 is 17.7 Å². The van der Waals surface area contributed by atoms with Gasteiger partial charge in [0.15, 0.2) is 0 Å². The highest BCUT2D eigenvalue weighted by atomic mass is 32.2. The van der Waals surface area contributed by atoms with Crippen LogP contribution >= 0.6 is 11.8 Å². The number of hydrogen-bond donors (Lipinski definition) is 2. The zero-order valence-corrected chi connectivity index (χ0v) is 12.4. The van der Waals surface area contributed by atoms with Gasteiger partial charge in [-0.25, -0.2) is 0 Å². The fourth-order valence-corrected chi connectivity index (χ4v) is 3.35. The molecule has 0 aromatic rings. The van der Waals surface area contributed by atoms with Crippen LogP contribution < -0.4 is 10.6 Å². The summed E-state index contributed by atoms with van der Waals surface area (Å²) < 4.78 is 5.24. The van der Waals surface area contributed by atoms with Crippen molar-refractivity contribution in [2.24, 2.45) is 0 Å².